The minimum Gasteiger partial charge on any atom is -0.383 e. The molecule has 6 heteroatoms. The fourth-order valence-corrected chi connectivity index (χ4v) is 2.11. The van der Waals surface area contributed by atoms with Gasteiger partial charge in [0.25, 0.3) is 0 Å². The Bertz CT molecular complexity index is 530. The molecule has 4 nitrogen and oxygen atoms in total. The molecule has 0 aliphatic heterocycles. The lowest BCUT2D eigenvalue weighted by molar-refractivity contribution is 0.210. The zero-order chi connectivity index (χ0) is 13.0. The summed E-state index contributed by atoms with van der Waals surface area (Å²) in [5.74, 6) is 0.416. The Balaban J connectivity index is 2.25. The minimum atomic E-state index is -0.278. The maximum absolute atomic E-state index is 13.1. The maximum atomic E-state index is 13.1. The van der Waals surface area contributed by atoms with Crippen LogP contribution in [0.2, 0.25) is 0 Å². The van der Waals surface area contributed by atoms with Crippen molar-refractivity contribution in [2.24, 2.45) is 0 Å². The molecule has 18 heavy (non-hydrogen) atoms. The van der Waals surface area contributed by atoms with E-state index in [4.69, 9.17) is 4.74 Å². The smallest absolute Gasteiger partial charge is 0.207 e. The molecule has 0 unspecified atom stereocenters. The van der Waals surface area contributed by atoms with E-state index in [1.165, 1.54) is 12.1 Å². The molecule has 0 atom stereocenters. The summed E-state index contributed by atoms with van der Waals surface area (Å²) in [5.41, 5.74) is 0.828. The van der Waals surface area contributed by atoms with Crippen molar-refractivity contribution >= 4 is 21.9 Å². The van der Waals surface area contributed by atoms with E-state index < -0.39 is 0 Å². The topological polar surface area (TPSA) is 39.1 Å². The van der Waals surface area contributed by atoms with Gasteiger partial charge in [0.1, 0.15) is 5.82 Å². The van der Waals surface area contributed by atoms with Gasteiger partial charge in [-0.2, -0.15) is 0 Å². The van der Waals surface area contributed by atoms with Crippen LogP contribution in [-0.4, -0.2) is 29.8 Å². The van der Waals surface area contributed by atoms with Crippen molar-refractivity contribution in [3.8, 4) is 5.69 Å². The maximum Gasteiger partial charge on any atom is 0.207 e. The van der Waals surface area contributed by atoms with Crippen molar-refractivity contribution in [3.63, 3.8) is 0 Å². The number of rotatable bonds is 5. The number of hydrogen-bond donors (Lipinski definition) is 1. The molecule has 96 valence electrons. The van der Waals surface area contributed by atoms with Crippen LogP contribution in [0.3, 0.4) is 0 Å². The lowest BCUT2D eigenvalue weighted by atomic mass is 10.3. The Kier molecular flexibility index (Phi) is 4.33. The molecule has 1 aromatic heterocycles. The van der Waals surface area contributed by atoms with Crippen molar-refractivity contribution in [3.05, 3.63) is 40.9 Å². The molecule has 2 rings (SSSR count). The van der Waals surface area contributed by atoms with Gasteiger partial charge in [-0.25, -0.2) is 9.37 Å². The molecule has 0 amide bonds. The van der Waals surface area contributed by atoms with Crippen molar-refractivity contribution in [2.45, 2.75) is 0 Å². The van der Waals surface area contributed by atoms with Crippen molar-refractivity contribution in [1.82, 2.24) is 9.55 Å². The number of methoxy groups -OCH3 is 1. The molecule has 0 bridgehead atoms. The highest BCUT2D eigenvalue weighted by Gasteiger charge is 2.08. The molecule has 0 spiro atoms. The number of nitrogens with zero attached hydrogens (tertiary/aromatic N) is 2. The number of ether oxygens (including phenoxy) is 1. The molecular weight excluding hydrogens is 301 g/mol. The largest absolute Gasteiger partial charge is 0.383 e. The van der Waals surface area contributed by atoms with Crippen LogP contribution >= 0.6 is 15.9 Å². The van der Waals surface area contributed by atoms with Gasteiger partial charge in [0, 0.05) is 30.5 Å². The summed E-state index contributed by atoms with van der Waals surface area (Å²) in [7, 11) is 1.64. The van der Waals surface area contributed by atoms with E-state index in [1.54, 1.807) is 19.4 Å². The fourth-order valence-electron chi connectivity index (χ4n) is 1.57. The first-order valence-corrected chi connectivity index (χ1v) is 6.23. The lowest BCUT2D eigenvalue weighted by Crippen LogP contribution is -2.11. The van der Waals surface area contributed by atoms with E-state index in [9.17, 15) is 4.39 Å². The van der Waals surface area contributed by atoms with E-state index in [2.05, 4.69) is 26.2 Å². The first kappa shape index (κ1) is 13.0. The van der Waals surface area contributed by atoms with Crippen LogP contribution in [0.4, 0.5) is 10.3 Å². The number of nitrogens with one attached hydrogen (secondary N) is 1. The predicted molar refractivity (Wildman–Crippen MR) is 71.6 cm³/mol. The average molecular weight is 314 g/mol. The second-order valence-corrected chi connectivity index (χ2v) is 4.49. The van der Waals surface area contributed by atoms with Gasteiger partial charge in [0.15, 0.2) is 0 Å². The van der Waals surface area contributed by atoms with E-state index >= 15 is 0 Å². The molecular formula is C12H13BrFN3O. The van der Waals surface area contributed by atoms with Crippen LogP contribution in [0.15, 0.2) is 35.1 Å². The van der Waals surface area contributed by atoms with Crippen molar-refractivity contribution < 1.29 is 9.13 Å². The molecule has 2 aromatic rings. The predicted octanol–water partition coefficient (Wildman–Crippen LogP) is 2.83. The second kappa shape index (κ2) is 5.97. The quantitative estimate of drug-likeness (QED) is 0.863. The molecule has 0 aliphatic rings. The van der Waals surface area contributed by atoms with Crippen molar-refractivity contribution in [1.29, 1.82) is 0 Å². The Morgan fingerprint density at radius 3 is 3.06 bits per heavy atom. The average Bonchev–Trinajstić information content (AvgIpc) is 2.78. The van der Waals surface area contributed by atoms with E-state index in [1.807, 2.05) is 10.8 Å². The fraction of sp³-hybridized carbons (Fsp3) is 0.250. The van der Waals surface area contributed by atoms with Gasteiger partial charge in [-0.15, -0.1) is 0 Å². The number of aromatic nitrogens is 2. The van der Waals surface area contributed by atoms with Gasteiger partial charge in [0.05, 0.1) is 12.3 Å². The van der Waals surface area contributed by atoms with Gasteiger partial charge in [-0.05, 0) is 34.1 Å². The standard InChI is InChI=1S/C12H13BrFN3O/c1-18-7-5-16-12-15-4-6-17(12)11-3-2-9(14)8-10(11)13/h2-4,6,8H,5,7H2,1H3,(H,15,16). The van der Waals surface area contributed by atoms with Crippen LogP contribution in [-0.2, 0) is 4.74 Å². The third-order valence-corrected chi connectivity index (χ3v) is 3.03. The van der Waals surface area contributed by atoms with E-state index in [0.29, 0.717) is 23.6 Å². The first-order valence-electron chi connectivity index (χ1n) is 5.44. The monoisotopic (exact) mass is 313 g/mol. The summed E-state index contributed by atoms with van der Waals surface area (Å²) in [6.07, 6.45) is 3.50. The number of halogens is 2. The lowest BCUT2D eigenvalue weighted by Gasteiger charge is -2.11. The molecule has 0 radical (unpaired) electrons. The number of imidazole rings is 1. The Morgan fingerprint density at radius 2 is 2.33 bits per heavy atom. The zero-order valence-electron chi connectivity index (χ0n) is 9.86. The highest BCUT2D eigenvalue weighted by atomic mass is 79.9. The zero-order valence-corrected chi connectivity index (χ0v) is 11.4. The molecule has 1 aromatic carbocycles. The minimum absolute atomic E-state index is 0.278. The number of benzene rings is 1. The van der Waals surface area contributed by atoms with Crippen LogP contribution < -0.4 is 5.32 Å². The van der Waals surface area contributed by atoms with Gasteiger partial charge >= 0.3 is 0 Å². The summed E-state index contributed by atoms with van der Waals surface area (Å²) in [4.78, 5) is 4.21. The third-order valence-electron chi connectivity index (χ3n) is 2.40. The highest BCUT2D eigenvalue weighted by Crippen LogP contribution is 2.24. The van der Waals surface area contributed by atoms with E-state index in [0.717, 1.165) is 5.69 Å². The van der Waals surface area contributed by atoms with Crippen LogP contribution in [0.1, 0.15) is 0 Å². The third kappa shape index (κ3) is 2.88. The molecule has 0 saturated heterocycles. The van der Waals surface area contributed by atoms with Gasteiger partial charge in [-0.1, -0.05) is 0 Å². The molecule has 0 saturated carbocycles. The number of hydrogen-bond acceptors (Lipinski definition) is 3. The van der Waals surface area contributed by atoms with Crippen LogP contribution in [0, 0.1) is 5.82 Å². The number of anilines is 1. The van der Waals surface area contributed by atoms with Crippen LogP contribution in [0.5, 0.6) is 0 Å². The molecule has 1 heterocycles. The Labute approximate surface area is 113 Å². The van der Waals surface area contributed by atoms with Gasteiger partial charge in [0.2, 0.25) is 5.95 Å². The molecule has 0 aliphatic carbocycles. The summed E-state index contributed by atoms with van der Waals surface area (Å²) < 4.78 is 20.5. The summed E-state index contributed by atoms with van der Waals surface area (Å²) >= 11 is 3.34. The second-order valence-electron chi connectivity index (χ2n) is 3.64. The summed E-state index contributed by atoms with van der Waals surface area (Å²) in [6, 6.07) is 4.54. The summed E-state index contributed by atoms with van der Waals surface area (Å²) in [5, 5.41) is 3.15. The van der Waals surface area contributed by atoms with E-state index in [-0.39, 0.29) is 5.82 Å². The Morgan fingerprint density at radius 1 is 1.50 bits per heavy atom. The van der Waals surface area contributed by atoms with Gasteiger partial charge in [-0.3, -0.25) is 4.57 Å². The summed E-state index contributed by atoms with van der Waals surface area (Å²) in [6.45, 7) is 1.25. The molecule has 0 fully saturated rings. The van der Waals surface area contributed by atoms with Gasteiger partial charge < -0.3 is 10.1 Å². The first-order chi connectivity index (χ1) is 8.72. The van der Waals surface area contributed by atoms with Crippen LogP contribution in [0.25, 0.3) is 5.69 Å². The SMILES string of the molecule is COCCNc1nccn1-c1ccc(F)cc1Br. The van der Waals surface area contributed by atoms with Crippen molar-refractivity contribution in [2.75, 3.05) is 25.6 Å². The highest BCUT2D eigenvalue weighted by molar-refractivity contribution is 9.10. The normalized spacial score (nSPS) is 10.6. The molecule has 1 N–H and O–H groups in total. The Hall–Kier alpha value is -1.40.